The van der Waals surface area contributed by atoms with E-state index in [1.807, 2.05) is 0 Å². The lowest BCUT2D eigenvalue weighted by Gasteiger charge is -2.04. The Kier molecular flexibility index (Phi) is 4.36. The molecule has 2 nitrogen and oxygen atoms in total. The number of halogens is 1. The van der Waals surface area contributed by atoms with Crippen LogP contribution in [0.15, 0.2) is 24.3 Å². The number of amides is 1. The monoisotopic (exact) mass is 205 g/mol. The number of rotatable bonds is 4. The molecule has 0 spiro atoms. The molecule has 0 radical (unpaired) electrons. The lowest BCUT2D eigenvalue weighted by molar-refractivity contribution is 0.0949. The molecule has 0 aliphatic heterocycles. The Balaban J connectivity index is 2.48. The molecular weight excluding hydrogens is 193 g/mol. The zero-order chi connectivity index (χ0) is 11.1. The van der Waals surface area contributed by atoms with Crippen molar-refractivity contribution in [3.8, 4) is 12.3 Å². The lowest BCUT2D eigenvalue weighted by atomic mass is 10.2. The number of benzene rings is 1. The third kappa shape index (κ3) is 3.43. The molecule has 0 heterocycles. The van der Waals surface area contributed by atoms with Gasteiger partial charge in [-0.1, -0.05) is 12.1 Å². The number of terminal acetylenes is 1. The van der Waals surface area contributed by atoms with Gasteiger partial charge in [-0.05, 0) is 18.6 Å². The third-order valence-electron chi connectivity index (χ3n) is 1.90. The maximum atomic E-state index is 13.1. The van der Waals surface area contributed by atoms with Crippen LogP contribution in [-0.2, 0) is 0 Å². The van der Waals surface area contributed by atoms with Crippen LogP contribution in [0.1, 0.15) is 23.2 Å². The minimum absolute atomic E-state index is 0.0678. The molecule has 0 bridgehead atoms. The molecule has 0 saturated carbocycles. The van der Waals surface area contributed by atoms with Gasteiger partial charge in [0.15, 0.2) is 0 Å². The summed E-state index contributed by atoms with van der Waals surface area (Å²) in [4.78, 5) is 11.4. The summed E-state index contributed by atoms with van der Waals surface area (Å²) in [6.07, 6.45) is 6.37. The van der Waals surface area contributed by atoms with Gasteiger partial charge in [-0.15, -0.1) is 12.3 Å². The summed E-state index contributed by atoms with van der Waals surface area (Å²) in [6.45, 7) is 0.470. The highest BCUT2D eigenvalue weighted by Crippen LogP contribution is 2.05. The SMILES string of the molecule is C#CCCCNC(=O)c1ccccc1F. The Morgan fingerprint density at radius 2 is 2.20 bits per heavy atom. The van der Waals surface area contributed by atoms with Crippen LogP contribution in [0.25, 0.3) is 0 Å². The average Bonchev–Trinajstić information content (AvgIpc) is 2.25. The van der Waals surface area contributed by atoms with Crippen LogP contribution in [0.2, 0.25) is 0 Å². The highest BCUT2D eigenvalue weighted by Gasteiger charge is 2.08. The topological polar surface area (TPSA) is 29.1 Å². The van der Waals surface area contributed by atoms with Crippen LogP contribution in [0.3, 0.4) is 0 Å². The van der Waals surface area contributed by atoms with Crippen LogP contribution >= 0.6 is 0 Å². The quantitative estimate of drug-likeness (QED) is 0.591. The fourth-order valence-electron chi connectivity index (χ4n) is 1.13. The van der Waals surface area contributed by atoms with Crippen molar-refractivity contribution in [3.63, 3.8) is 0 Å². The molecule has 78 valence electrons. The van der Waals surface area contributed by atoms with E-state index in [1.165, 1.54) is 12.1 Å². The summed E-state index contributed by atoms with van der Waals surface area (Å²) >= 11 is 0. The van der Waals surface area contributed by atoms with Crippen LogP contribution in [-0.4, -0.2) is 12.5 Å². The summed E-state index contributed by atoms with van der Waals surface area (Å²) in [5.41, 5.74) is 0.0678. The van der Waals surface area contributed by atoms with E-state index >= 15 is 0 Å². The molecule has 0 atom stereocenters. The zero-order valence-corrected chi connectivity index (χ0v) is 8.29. The van der Waals surface area contributed by atoms with Crippen molar-refractivity contribution in [2.75, 3.05) is 6.54 Å². The van der Waals surface area contributed by atoms with E-state index in [0.29, 0.717) is 19.4 Å². The highest BCUT2D eigenvalue weighted by atomic mass is 19.1. The number of hydrogen-bond donors (Lipinski definition) is 1. The fraction of sp³-hybridized carbons (Fsp3) is 0.250. The van der Waals surface area contributed by atoms with Crippen molar-refractivity contribution < 1.29 is 9.18 Å². The van der Waals surface area contributed by atoms with Crippen molar-refractivity contribution in [1.82, 2.24) is 5.32 Å². The van der Waals surface area contributed by atoms with Gasteiger partial charge >= 0.3 is 0 Å². The van der Waals surface area contributed by atoms with E-state index in [0.717, 1.165) is 0 Å². The van der Waals surface area contributed by atoms with Gasteiger partial charge in [0.1, 0.15) is 5.82 Å². The third-order valence-corrected chi connectivity index (χ3v) is 1.90. The number of hydrogen-bond acceptors (Lipinski definition) is 1. The number of unbranched alkanes of at least 4 members (excludes halogenated alkanes) is 1. The first-order valence-electron chi connectivity index (χ1n) is 4.72. The zero-order valence-electron chi connectivity index (χ0n) is 8.29. The second kappa shape index (κ2) is 5.82. The first kappa shape index (κ1) is 11.3. The molecule has 0 unspecified atom stereocenters. The Morgan fingerprint density at radius 1 is 1.47 bits per heavy atom. The van der Waals surface area contributed by atoms with Crippen LogP contribution in [0.4, 0.5) is 4.39 Å². The summed E-state index contributed by atoms with van der Waals surface area (Å²) < 4.78 is 13.1. The normalized spacial score (nSPS) is 9.33. The predicted molar refractivity (Wildman–Crippen MR) is 56.8 cm³/mol. The van der Waals surface area contributed by atoms with Gasteiger partial charge in [-0.3, -0.25) is 4.79 Å². The van der Waals surface area contributed by atoms with Crippen LogP contribution < -0.4 is 5.32 Å². The molecule has 0 saturated heterocycles. The Labute approximate surface area is 88.5 Å². The van der Waals surface area contributed by atoms with E-state index < -0.39 is 11.7 Å². The molecule has 1 amide bonds. The Bertz CT molecular complexity index is 381. The summed E-state index contributed by atoms with van der Waals surface area (Å²) in [5, 5.41) is 2.60. The van der Waals surface area contributed by atoms with E-state index in [4.69, 9.17) is 6.42 Å². The van der Waals surface area contributed by atoms with Crippen molar-refractivity contribution in [2.45, 2.75) is 12.8 Å². The maximum absolute atomic E-state index is 13.1. The van der Waals surface area contributed by atoms with Gasteiger partial charge in [0.05, 0.1) is 5.56 Å². The number of nitrogens with one attached hydrogen (secondary N) is 1. The van der Waals surface area contributed by atoms with Gasteiger partial charge in [-0.25, -0.2) is 4.39 Å². The van der Waals surface area contributed by atoms with E-state index in [2.05, 4.69) is 11.2 Å². The molecule has 0 fully saturated rings. The van der Waals surface area contributed by atoms with Gasteiger partial charge in [0, 0.05) is 13.0 Å². The average molecular weight is 205 g/mol. The molecule has 15 heavy (non-hydrogen) atoms. The molecule has 3 heteroatoms. The van der Waals surface area contributed by atoms with E-state index in [1.54, 1.807) is 12.1 Å². The van der Waals surface area contributed by atoms with Crippen molar-refractivity contribution in [1.29, 1.82) is 0 Å². The van der Waals surface area contributed by atoms with Crippen molar-refractivity contribution in [2.24, 2.45) is 0 Å². The smallest absolute Gasteiger partial charge is 0.254 e. The van der Waals surface area contributed by atoms with Crippen molar-refractivity contribution >= 4 is 5.91 Å². The first-order chi connectivity index (χ1) is 7.25. The van der Waals surface area contributed by atoms with Gasteiger partial charge < -0.3 is 5.32 Å². The molecule has 0 aliphatic carbocycles. The summed E-state index contributed by atoms with van der Waals surface area (Å²) in [5.74, 6) is 1.56. The molecule has 0 aliphatic rings. The molecule has 1 aromatic rings. The second-order valence-corrected chi connectivity index (χ2v) is 3.04. The van der Waals surface area contributed by atoms with Gasteiger partial charge in [0.25, 0.3) is 5.91 Å². The molecular formula is C12H12FNO. The van der Waals surface area contributed by atoms with Crippen LogP contribution in [0, 0.1) is 18.2 Å². The van der Waals surface area contributed by atoms with Crippen molar-refractivity contribution in [3.05, 3.63) is 35.6 Å². The molecule has 1 rings (SSSR count). The standard InChI is InChI=1S/C12H12FNO/c1-2-3-6-9-14-12(15)10-7-4-5-8-11(10)13/h1,4-5,7-8H,3,6,9H2,(H,14,15). The molecule has 1 aromatic carbocycles. The molecule has 1 N–H and O–H groups in total. The maximum Gasteiger partial charge on any atom is 0.254 e. The molecule has 0 aromatic heterocycles. The lowest BCUT2D eigenvalue weighted by Crippen LogP contribution is -2.25. The summed E-state index contributed by atoms with van der Waals surface area (Å²) in [7, 11) is 0. The number of carbonyl (C=O) groups excluding carboxylic acids is 1. The highest BCUT2D eigenvalue weighted by molar-refractivity contribution is 5.94. The van der Waals surface area contributed by atoms with Gasteiger partial charge in [0.2, 0.25) is 0 Å². The predicted octanol–water partition coefficient (Wildman–Crippen LogP) is 1.97. The Morgan fingerprint density at radius 3 is 2.87 bits per heavy atom. The Hall–Kier alpha value is -1.82. The summed E-state index contributed by atoms with van der Waals surface area (Å²) in [6, 6.07) is 5.88. The number of carbonyl (C=O) groups is 1. The van der Waals surface area contributed by atoms with Crippen LogP contribution in [0.5, 0.6) is 0 Å². The first-order valence-corrected chi connectivity index (χ1v) is 4.72. The minimum Gasteiger partial charge on any atom is -0.352 e. The minimum atomic E-state index is -0.507. The van der Waals surface area contributed by atoms with Gasteiger partial charge in [-0.2, -0.15) is 0 Å². The van der Waals surface area contributed by atoms with E-state index in [-0.39, 0.29) is 5.56 Å². The second-order valence-electron chi connectivity index (χ2n) is 3.04. The fourth-order valence-corrected chi connectivity index (χ4v) is 1.13. The van der Waals surface area contributed by atoms with E-state index in [9.17, 15) is 9.18 Å². The largest absolute Gasteiger partial charge is 0.352 e.